The summed E-state index contributed by atoms with van der Waals surface area (Å²) in [6, 6.07) is 4.78. The first kappa shape index (κ1) is 15.5. The molecule has 1 aromatic carbocycles. The Kier molecular flexibility index (Phi) is 4.96. The number of carbonyl (C=O) groups excluding carboxylic acids is 3. The maximum Gasteiger partial charge on any atom is 0.263 e. The van der Waals surface area contributed by atoms with Crippen molar-refractivity contribution < 1.29 is 14.4 Å². The van der Waals surface area contributed by atoms with E-state index in [4.69, 9.17) is 11.6 Å². The van der Waals surface area contributed by atoms with Gasteiger partial charge in [-0.25, -0.2) is 0 Å². The van der Waals surface area contributed by atoms with Crippen LogP contribution in [0.3, 0.4) is 0 Å². The summed E-state index contributed by atoms with van der Waals surface area (Å²) in [5.74, 6) is -0.980. The minimum absolute atomic E-state index is 0.0701. The maximum absolute atomic E-state index is 12.2. The van der Waals surface area contributed by atoms with Crippen molar-refractivity contribution in [1.29, 1.82) is 0 Å². The smallest absolute Gasteiger partial charge is 0.263 e. The number of hydrogen-bond donors (Lipinski definition) is 1. The van der Waals surface area contributed by atoms with Crippen molar-refractivity contribution in [3.8, 4) is 0 Å². The van der Waals surface area contributed by atoms with Crippen LogP contribution in [0, 0.1) is 0 Å². The van der Waals surface area contributed by atoms with Crippen LogP contribution >= 0.6 is 11.6 Å². The lowest BCUT2D eigenvalue weighted by atomic mass is 10.1. The third-order valence-electron chi connectivity index (χ3n) is 3.36. The number of unbranched alkanes of at least 4 members (excludes halogenated alkanes) is 1. The molecule has 0 bridgehead atoms. The number of nitrogens with zero attached hydrogens (tertiary/aromatic N) is 1. The van der Waals surface area contributed by atoms with Gasteiger partial charge in [0, 0.05) is 19.5 Å². The zero-order valence-corrected chi connectivity index (χ0v) is 12.6. The van der Waals surface area contributed by atoms with E-state index in [0.29, 0.717) is 12.1 Å². The number of hydrogen-bond acceptors (Lipinski definition) is 3. The summed E-state index contributed by atoms with van der Waals surface area (Å²) in [4.78, 5) is 37.1. The van der Waals surface area contributed by atoms with Gasteiger partial charge in [-0.05, 0) is 18.6 Å². The number of halogens is 1. The predicted molar refractivity (Wildman–Crippen MR) is 79.4 cm³/mol. The fraction of sp³-hybridized carbons (Fsp3) is 0.400. The van der Waals surface area contributed by atoms with Crippen LogP contribution in [0.4, 0.5) is 0 Å². The third kappa shape index (κ3) is 3.24. The highest BCUT2D eigenvalue weighted by atomic mass is 35.5. The topological polar surface area (TPSA) is 66.5 Å². The molecule has 0 saturated carbocycles. The molecular weight excluding hydrogens is 292 g/mol. The molecule has 0 radical (unpaired) electrons. The third-order valence-corrected chi connectivity index (χ3v) is 3.68. The summed E-state index contributed by atoms with van der Waals surface area (Å²) in [7, 11) is 0. The molecule has 2 rings (SSSR count). The molecule has 1 aliphatic heterocycles. The maximum atomic E-state index is 12.2. The van der Waals surface area contributed by atoms with E-state index in [1.165, 1.54) is 0 Å². The number of carbonyl (C=O) groups is 3. The molecule has 0 fully saturated rings. The van der Waals surface area contributed by atoms with E-state index in [2.05, 4.69) is 5.32 Å². The van der Waals surface area contributed by atoms with E-state index in [1.807, 2.05) is 6.92 Å². The SMILES string of the molecule is CCCCNC(=O)CCN1C(=O)c2cccc(Cl)c2C1=O. The van der Waals surface area contributed by atoms with Crippen LogP contribution in [0.1, 0.15) is 46.9 Å². The number of imide groups is 1. The van der Waals surface area contributed by atoms with Crippen molar-refractivity contribution >= 4 is 29.3 Å². The van der Waals surface area contributed by atoms with Crippen molar-refractivity contribution in [3.63, 3.8) is 0 Å². The first-order valence-corrected chi connectivity index (χ1v) is 7.35. The molecule has 3 amide bonds. The Balaban J connectivity index is 1.98. The fourth-order valence-corrected chi connectivity index (χ4v) is 2.46. The number of benzene rings is 1. The Morgan fingerprint density at radius 2 is 2.05 bits per heavy atom. The molecule has 21 heavy (non-hydrogen) atoms. The molecule has 1 aromatic rings. The van der Waals surface area contributed by atoms with Crippen LogP contribution in [-0.2, 0) is 4.79 Å². The molecule has 1 N–H and O–H groups in total. The van der Waals surface area contributed by atoms with Crippen molar-refractivity contribution in [3.05, 3.63) is 34.3 Å². The highest BCUT2D eigenvalue weighted by Gasteiger charge is 2.36. The molecule has 1 heterocycles. The number of amides is 3. The predicted octanol–water partition coefficient (Wildman–Crippen LogP) is 2.24. The quantitative estimate of drug-likeness (QED) is 0.647. The van der Waals surface area contributed by atoms with Gasteiger partial charge in [-0.2, -0.15) is 0 Å². The molecule has 0 aliphatic carbocycles. The van der Waals surface area contributed by atoms with E-state index in [1.54, 1.807) is 18.2 Å². The van der Waals surface area contributed by atoms with Crippen molar-refractivity contribution in [2.75, 3.05) is 13.1 Å². The summed E-state index contributed by atoms with van der Waals surface area (Å²) in [6.07, 6.45) is 2.01. The lowest BCUT2D eigenvalue weighted by Gasteiger charge is -2.13. The lowest BCUT2D eigenvalue weighted by Crippen LogP contribution is -2.34. The first-order valence-electron chi connectivity index (χ1n) is 6.97. The first-order chi connectivity index (χ1) is 10.1. The van der Waals surface area contributed by atoms with Crippen LogP contribution in [0.15, 0.2) is 18.2 Å². The second-order valence-electron chi connectivity index (χ2n) is 4.88. The Bertz CT molecular complexity index is 586. The van der Waals surface area contributed by atoms with E-state index in [-0.39, 0.29) is 35.4 Å². The zero-order chi connectivity index (χ0) is 15.4. The van der Waals surface area contributed by atoms with Crippen molar-refractivity contribution in [2.45, 2.75) is 26.2 Å². The van der Waals surface area contributed by atoms with Crippen molar-refractivity contribution in [2.24, 2.45) is 0 Å². The van der Waals surface area contributed by atoms with Crippen LogP contribution in [0.25, 0.3) is 0 Å². The lowest BCUT2D eigenvalue weighted by molar-refractivity contribution is -0.121. The Morgan fingerprint density at radius 3 is 2.71 bits per heavy atom. The van der Waals surface area contributed by atoms with Gasteiger partial charge >= 0.3 is 0 Å². The van der Waals surface area contributed by atoms with Crippen LogP contribution < -0.4 is 5.32 Å². The zero-order valence-electron chi connectivity index (χ0n) is 11.8. The Hall–Kier alpha value is -1.88. The normalized spacial score (nSPS) is 13.5. The Morgan fingerprint density at radius 1 is 1.29 bits per heavy atom. The molecule has 0 atom stereocenters. The van der Waals surface area contributed by atoms with Crippen molar-refractivity contribution in [1.82, 2.24) is 10.2 Å². The van der Waals surface area contributed by atoms with E-state index in [0.717, 1.165) is 17.7 Å². The monoisotopic (exact) mass is 308 g/mol. The number of fused-ring (bicyclic) bond motifs is 1. The molecular formula is C15H17ClN2O3. The largest absolute Gasteiger partial charge is 0.356 e. The summed E-state index contributed by atoms with van der Waals surface area (Å²) in [5, 5.41) is 3.02. The van der Waals surface area contributed by atoms with Gasteiger partial charge in [-0.3, -0.25) is 19.3 Å². The molecule has 0 aromatic heterocycles. The minimum atomic E-state index is -0.429. The van der Waals surface area contributed by atoms with Gasteiger partial charge in [0.2, 0.25) is 5.91 Å². The average Bonchev–Trinajstić information content (AvgIpc) is 2.70. The molecule has 0 spiro atoms. The van der Waals surface area contributed by atoms with Gasteiger partial charge in [-0.15, -0.1) is 0 Å². The second-order valence-corrected chi connectivity index (χ2v) is 5.29. The van der Waals surface area contributed by atoms with Gasteiger partial charge < -0.3 is 5.32 Å². The van der Waals surface area contributed by atoms with Crippen LogP contribution in [0.5, 0.6) is 0 Å². The molecule has 0 saturated heterocycles. The summed E-state index contributed by atoms with van der Waals surface area (Å²) < 4.78 is 0. The molecule has 0 unspecified atom stereocenters. The molecule has 5 nitrogen and oxygen atoms in total. The standard InChI is InChI=1S/C15H17ClN2O3/c1-2-3-8-17-12(19)7-9-18-14(20)10-5-4-6-11(16)13(10)15(18)21/h4-6H,2-3,7-9H2,1H3,(H,17,19). The molecule has 112 valence electrons. The molecule has 6 heteroatoms. The van der Waals surface area contributed by atoms with Gasteiger partial charge in [0.25, 0.3) is 11.8 Å². The molecule has 1 aliphatic rings. The van der Waals surface area contributed by atoms with Gasteiger partial charge in [0.15, 0.2) is 0 Å². The number of rotatable bonds is 6. The van der Waals surface area contributed by atoms with E-state index in [9.17, 15) is 14.4 Å². The highest BCUT2D eigenvalue weighted by Crippen LogP contribution is 2.28. The van der Waals surface area contributed by atoms with Gasteiger partial charge in [0.1, 0.15) is 0 Å². The minimum Gasteiger partial charge on any atom is -0.356 e. The Labute approximate surface area is 128 Å². The summed E-state index contributed by atoms with van der Waals surface area (Å²) in [5.41, 5.74) is 0.537. The fourth-order valence-electron chi connectivity index (χ4n) is 2.20. The summed E-state index contributed by atoms with van der Waals surface area (Å²) in [6.45, 7) is 2.72. The van der Waals surface area contributed by atoms with Gasteiger partial charge in [0.05, 0.1) is 16.1 Å². The summed E-state index contributed by atoms with van der Waals surface area (Å²) >= 11 is 5.96. The van der Waals surface area contributed by atoms with Crippen LogP contribution in [-0.4, -0.2) is 35.7 Å². The average molecular weight is 309 g/mol. The van der Waals surface area contributed by atoms with E-state index >= 15 is 0 Å². The number of nitrogens with one attached hydrogen (secondary N) is 1. The van der Waals surface area contributed by atoms with E-state index < -0.39 is 5.91 Å². The highest BCUT2D eigenvalue weighted by molar-refractivity contribution is 6.37. The second kappa shape index (κ2) is 6.72. The van der Waals surface area contributed by atoms with Gasteiger partial charge in [-0.1, -0.05) is 31.0 Å². The van der Waals surface area contributed by atoms with Crippen LogP contribution in [0.2, 0.25) is 5.02 Å².